The van der Waals surface area contributed by atoms with Gasteiger partial charge in [0.1, 0.15) is 5.75 Å². The number of carbonyl (C=O) groups is 1. The number of benzene rings is 1. The molecule has 0 N–H and O–H groups in total. The Kier molecular flexibility index (Phi) is 3.93. The van der Waals surface area contributed by atoms with Gasteiger partial charge in [0.25, 0.3) is 0 Å². The van der Waals surface area contributed by atoms with Crippen molar-refractivity contribution < 1.29 is 9.53 Å². The molecule has 0 aliphatic heterocycles. The number of hydrogen-bond acceptors (Lipinski definition) is 3. The number of aryl methyl sites for hydroxylation is 3. The predicted molar refractivity (Wildman–Crippen MR) is 78.7 cm³/mol. The van der Waals surface area contributed by atoms with Crippen LogP contribution in [-0.4, -0.2) is 16.1 Å². The average Bonchev–Trinajstić information content (AvgIpc) is 2.63. The summed E-state index contributed by atoms with van der Waals surface area (Å²) in [5.74, 6) is 1.68. The smallest absolute Gasteiger partial charge is 0.228 e. The van der Waals surface area contributed by atoms with Crippen LogP contribution in [0.5, 0.6) is 11.6 Å². The van der Waals surface area contributed by atoms with Crippen molar-refractivity contribution >= 4 is 6.29 Å². The van der Waals surface area contributed by atoms with Crippen LogP contribution in [-0.2, 0) is 7.05 Å². The summed E-state index contributed by atoms with van der Waals surface area (Å²) in [6.07, 6.45) is 0.785. The molecule has 1 aromatic heterocycles. The standard InChI is InChI=1S/C16H20N2O2/c1-10(2)14-7-6-13(8-11(14)3)20-16-15(9-19)12(4)17-18(16)5/h6-10H,1-5H3. The SMILES string of the molecule is Cc1cc(Oc2c(C=O)c(C)nn2C)ccc1C(C)C. The number of nitrogens with zero attached hydrogens (tertiary/aromatic N) is 2. The first kappa shape index (κ1) is 14.3. The van der Waals surface area contributed by atoms with Gasteiger partial charge in [0.15, 0.2) is 6.29 Å². The van der Waals surface area contributed by atoms with Crippen LogP contribution in [0.4, 0.5) is 0 Å². The minimum atomic E-state index is 0.480. The summed E-state index contributed by atoms with van der Waals surface area (Å²) < 4.78 is 7.42. The molecule has 1 heterocycles. The number of rotatable bonds is 4. The Morgan fingerprint density at radius 1 is 1.30 bits per heavy atom. The molecule has 0 atom stereocenters. The van der Waals surface area contributed by atoms with E-state index in [-0.39, 0.29) is 0 Å². The van der Waals surface area contributed by atoms with Crippen molar-refractivity contribution in [2.24, 2.45) is 7.05 Å². The molecule has 20 heavy (non-hydrogen) atoms. The lowest BCUT2D eigenvalue weighted by atomic mass is 9.98. The molecular formula is C16H20N2O2. The number of aromatic nitrogens is 2. The molecular weight excluding hydrogens is 252 g/mol. The fourth-order valence-corrected chi connectivity index (χ4v) is 2.38. The molecule has 0 aliphatic carbocycles. The average molecular weight is 272 g/mol. The maximum Gasteiger partial charge on any atom is 0.228 e. The molecule has 4 nitrogen and oxygen atoms in total. The van der Waals surface area contributed by atoms with Crippen LogP contribution in [0.15, 0.2) is 18.2 Å². The first-order chi connectivity index (χ1) is 9.43. The van der Waals surface area contributed by atoms with E-state index in [0.29, 0.717) is 23.1 Å². The predicted octanol–water partition coefficient (Wildman–Crippen LogP) is 3.77. The van der Waals surface area contributed by atoms with E-state index >= 15 is 0 Å². The van der Waals surface area contributed by atoms with Crippen LogP contribution in [0.25, 0.3) is 0 Å². The Morgan fingerprint density at radius 2 is 2.00 bits per heavy atom. The molecule has 0 aliphatic rings. The number of ether oxygens (including phenoxy) is 1. The summed E-state index contributed by atoms with van der Waals surface area (Å²) >= 11 is 0. The highest BCUT2D eigenvalue weighted by atomic mass is 16.5. The van der Waals surface area contributed by atoms with Crippen LogP contribution >= 0.6 is 0 Å². The van der Waals surface area contributed by atoms with Crippen LogP contribution in [0.2, 0.25) is 0 Å². The molecule has 0 saturated carbocycles. The molecule has 0 amide bonds. The van der Waals surface area contributed by atoms with E-state index in [1.54, 1.807) is 18.7 Å². The summed E-state index contributed by atoms with van der Waals surface area (Å²) in [4.78, 5) is 11.1. The zero-order valence-corrected chi connectivity index (χ0v) is 12.6. The summed E-state index contributed by atoms with van der Waals surface area (Å²) in [6.45, 7) is 8.19. The zero-order chi connectivity index (χ0) is 14.9. The van der Waals surface area contributed by atoms with Crippen molar-refractivity contribution in [2.75, 3.05) is 0 Å². The minimum absolute atomic E-state index is 0.480. The van der Waals surface area contributed by atoms with Gasteiger partial charge in [0.2, 0.25) is 5.88 Å². The van der Waals surface area contributed by atoms with Gasteiger partial charge >= 0.3 is 0 Å². The Bertz CT molecular complexity index is 642. The van der Waals surface area contributed by atoms with Crippen molar-refractivity contribution in [1.82, 2.24) is 9.78 Å². The van der Waals surface area contributed by atoms with Crippen molar-refractivity contribution in [3.8, 4) is 11.6 Å². The van der Waals surface area contributed by atoms with Crippen molar-refractivity contribution in [3.05, 3.63) is 40.6 Å². The third-order valence-electron chi connectivity index (χ3n) is 3.41. The van der Waals surface area contributed by atoms with Gasteiger partial charge in [-0.25, -0.2) is 4.68 Å². The van der Waals surface area contributed by atoms with Crippen molar-refractivity contribution in [2.45, 2.75) is 33.6 Å². The molecule has 0 spiro atoms. The first-order valence-electron chi connectivity index (χ1n) is 6.71. The van der Waals surface area contributed by atoms with E-state index in [1.165, 1.54) is 11.1 Å². The molecule has 0 unspecified atom stereocenters. The van der Waals surface area contributed by atoms with E-state index in [0.717, 1.165) is 12.0 Å². The van der Waals surface area contributed by atoms with Gasteiger partial charge in [-0.1, -0.05) is 19.9 Å². The summed E-state index contributed by atoms with van der Waals surface area (Å²) in [5, 5.41) is 4.21. The normalized spacial score (nSPS) is 10.9. The third kappa shape index (κ3) is 2.59. The second-order valence-corrected chi connectivity index (χ2v) is 5.32. The van der Waals surface area contributed by atoms with E-state index in [1.807, 2.05) is 12.1 Å². The maximum absolute atomic E-state index is 11.1. The molecule has 4 heteroatoms. The molecule has 1 aromatic carbocycles. The largest absolute Gasteiger partial charge is 0.439 e. The lowest BCUT2D eigenvalue weighted by Crippen LogP contribution is -1.98. The molecule has 0 bridgehead atoms. The Morgan fingerprint density at radius 3 is 2.55 bits per heavy atom. The summed E-state index contributed by atoms with van der Waals surface area (Å²) in [7, 11) is 1.77. The fraction of sp³-hybridized carbons (Fsp3) is 0.375. The molecule has 106 valence electrons. The van der Waals surface area contributed by atoms with Gasteiger partial charge < -0.3 is 4.74 Å². The third-order valence-corrected chi connectivity index (χ3v) is 3.41. The Labute approximate surface area is 119 Å². The highest BCUT2D eigenvalue weighted by Crippen LogP contribution is 2.29. The topological polar surface area (TPSA) is 44.1 Å². The van der Waals surface area contributed by atoms with E-state index in [4.69, 9.17) is 4.74 Å². The molecule has 0 saturated heterocycles. The summed E-state index contributed by atoms with van der Waals surface area (Å²) in [5.41, 5.74) is 3.66. The molecule has 2 aromatic rings. The quantitative estimate of drug-likeness (QED) is 0.796. The van der Waals surface area contributed by atoms with E-state index in [9.17, 15) is 4.79 Å². The molecule has 0 radical (unpaired) electrons. The zero-order valence-electron chi connectivity index (χ0n) is 12.6. The van der Waals surface area contributed by atoms with Crippen LogP contribution in [0, 0.1) is 13.8 Å². The lowest BCUT2D eigenvalue weighted by molar-refractivity contribution is 0.112. The van der Waals surface area contributed by atoms with Gasteiger partial charge in [-0.05, 0) is 43.0 Å². The lowest BCUT2D eigenvalue weighted by Gasteiger charge is -2.12. The van der Waals surface area contributed by atoms with Crippen LogP contribution in [0.1, 0.15) is 46.9 Å². The number of aldehydes is 1. The van der Waals surface area contributed by atoms with Gasteiger partial charge in [-0.15, -0.1) is 0 Å². The summed E-state index contributed by atoms with van der Waals surface area (Å²) in [6, 6.07) is 5.99. The second-order valence-electron chi connectivity index (χ2n) is 5.32. The Hall–Kier alpha value is -2.10. The van der Waals surface area contributed by atoms with Gasteiger partial charge in [-0.3, -0.25) is 4.79 Å². The molecule has 2 rings (SSSR count). The fourth-order valence-electron chi connectivity index (χ4n) is 2.38. The number of hydrogen-bond donors (Lipinski definition) is 0. The Balaban J connectivity index is 2.36. The van der Waals surface area contributed by atoms with E-state index < -0.39 is 0 Å². The monoisotopic (exact) mass is 272 g/mol. The highest BCUT2D eigenvalue weighted by molar-refractivity contribution is 5.80. The molecule has 0 fully saturated rings. The van der Waals surface area contributed by atoms with Gasteiger partial charge in [-0.2, -0.15) is 5.10 Å². The van der Waals surface area contributed by atoms with Crippen LogP contribution < -0.4 is 4.74 Å². The minimum Gasteiger partial charge on any atom is -0.439 e. The maximum atomic E-state index is 11.1. The van der Waals surface area contributed by atoms with E-state index in [2.05, 4.69) is 31.9 Å². The van der Waals surface area contributed by atoms with Crippen molar-refractivity contribution in [1.29, 1.82) is 0 Å². The van der Waals surface area contributed by atoms with Gasteiger partial charge in [0, 0.05) is 7.05 Å². The number of carbonyl (C=O) groups excluding carboxylic acids is 1. The van der Waals surface area contributed by atoms with Crippen molar-refractivity contribution in [3.63, 3.8) is 0 Å². The second kappa shape index (κ2) is 5.49. The van der Waals surface area contributed by atoms with Gasteiger partial charge in [0.05, 0.1) is 11.3 Å². The van der Waals surface area contributed by atoms with Crippen LogP contribution in [0.3, 0.4) is 0 Å². The highest BCUT2D eigenvalue weighted by Gasteiger charge is 2.15. The first-order valence-corrected chi connectivity index (χ1v) is 6.71.